The van der Waals surface area contributed by atoms with Gasteiger partial charge in [-0.05, 0) is 62.7 Å². The van der Waals surface area contributed by atoms with Gasteiger partial charge in [0.25, 0.3) is 5.91 Å². The van der Waals surface area contributed by atoms with Gasteiger partial charge in [0.05, 0.1) is 11.8 Å². The average Bonchev–Trinajstić information content (AvgIpc) is 2.82. The molecule has 4 aromatic rings. The molecule has 8 nitrogen and oxygen atoms in total. The number of amides is 1. The summed E-state index contributed by atoms with van der Waals surface area (Å²) < 4.78 is 5.58. The van der Waals surface area contributed by atoms with Crippen molar-refractivity contribution >= 4 is 23.2 Å². The highest BCUT2D eigenvalue weighted by molar-refractivity contribution is 6.04. The molecule has 33 heavy (non-hydrogen) atoms. The van der Waals surface area contributed by atoms with Crippen molar-refractivity contribution in [1.29, 1.82) is 0 Å². The number of nitrogens with zero attached hydrogens (tertiary/aromatic N) is 4. The first-order valence-electron chi connectivity index (χ1n) is 10.5. The summed E-state index contributed by atoms with van der Waals surface area (Å²) in [6, 6.07) is 14.5. The number of aromatic nitrogens is 4. The van der Waals surface area contributed by atoms with E-state index in [1.165, 1.54) is 0 Å². The number of rotatable bonds is 7. The number of carbonyl (C=O) groups is 1. The Balaban J connectivity index is 1.51. The zero-order valence-corrected chi connectivity index (χ0v) is 18.6. The average molecular weight is 441 g/mol. The van der Waals surface area contributed by atoms with Gasteiger partial charge in [0.2, 0.25) is 11.8 Å². The van der Waals surface area contributed by atoms with Crippen molar-refractivity contribution in [3.8, 4) is 17.1 Å². The highest BCUT2D eigenvalue weighted by Crippen LogP contribution is 2.25. The number of nitrogens with one attached hydrogen (secondary N) is 2. The SMILES string of the molecule is Cc1ccc(NC(=O)c2ccnc(OC(C)C)c2)cc1Nc1nccc(-c2cccnc2)n1. The number of hydrogen-bond acceptors (Lipinski definition) is 7. The first kappa shape index (κ1) is 21.9. The van der Waals surface area contributed by atoms with Gasteiger partial charge in [-0.1, -0.05) is 6.07 Å². The van der Waals surface area contributed by atoms with Crippen LogP contribution < -0.4 is 15.4 Å². The lowest BCUT2D eigenvalue weighted by molar-refractivity contribution is 0.102. The summed E-state index contributed by atoms with van der Waals surface area (Å²) in [5, 5.41) is 6.16. The van der Waals surface area contributed by atoms with Crippen LogP contribution in [0.3, 0.4) is 0 Å². The maximum absolute atomic E-state index is 12.8. The lowest BCUT2D eigenvalue weighted by Crippen LogP contribution is -2.13. The van der Waals surface area contributed by atoms with E-state index in [9.17, 15) is 4.79 Å². The van der Waals surface area contributed by atoms with Crippen molar-refractivity contribution in [2.45, 2.75) is 26.9 Å². The van der Waals surface area contributed by atoms with E-state index in [2.05, 4.69) is 30.6 Å². The molecule has 3 heterocycles. The maximum atomic E-state index is 12.8. The summed E-state index contributed by atoms with van der Waals surface area (Å²) in [4.78, 5) is 29.9. The lowest BCUT2D eigenvalue weighted by Gasteiger charge is -2.13. The molecule has 0 atom stereocenters. The minimum absolute atomic E-state index is 0.0274. The second kappa shape index (κ2) is 9.86. The molecule has 0 aliphatic carbocycles. The molecule has 0 aliphatic rings. The van der Waals surface area contributed by atoms with E-state index < -0.39 is 0 Å². The largest absolute Gasteiger partial charge is 0.475 e. The van der Waals surface area contributed by atoms with E-state index in [1.54, 1.807) is 36.9 Å². The third-order valence-corrected chi connectivity index (χ3v) is 4.71. The topological polar surface area (TPSA) is 102 Å². The molecule has 2 N–H and O–H groups in total. The van der Waals surface area contributed by atoms with Crippen molar-refractivity contribution < 1.29 is 9.53 Å². The van der Waals surface area contributed by atoms with Gasteiger partial charge in [-0.3, -0.25) is 9.78 Å². The molecule has 0 fully saturated rings. The van der Waals surface area contributed by atoms with Crippen molar-refractivity contribution in [3.05, 3.63) is 84.4 Å². The van der Waals surface area contributed by atoms with E-state index in [4.69, 9.17) is 4.74 Å². The van der Waals surface area contributed by atoms with Crippen LogP contribution in [0.2, 0.25) is 0 Å². The van der Waals surface area contributed by atoms with Gasteiger partial charge in [0, 0.05) is 53.4 Å². The number of hydrogen-bond donors (Lipinski definition) is 2. The molecule has 0 spiro atoms. The van der Waals surface area contributed by atoms with Crippen LogP contribution in [0.1, 0.15) is 29.8 Å². The van der Waals surface area contributed by atoms with Crippen LogP contribution in [0, 0.1) is 6.92 Å². The number of anilines is 3. The third-order valence-electron chi connectivity index (χ3n) is 4.71. The molecular formula is C25H24N6O2. The summed E-state index contributed by atoms with van der Waals surface area (Å²) in [6.45, 7) is 5.79. The fraction of sp³-hybridized carbons (Fsp3) is 0.160. The first-order valence-corrected chi connectivity index (χ1v) is 10.5. The lowest BCUT2D eigenvalue weighted by atomic mass is 10.1. The Hall–Kier alpha value is -4.33. The van der Waals surface area contributed by atoms with E-state index in [1.807, 2.05) is 57.2 Å². The van der Waals surface area contributed by atoms with Crippen LogP contribution in [-0.2, 0) is 0 Å². The van der Waals surface area contributed by atoms with Crippen LogP contribution in [0.5, 0.6) is 5.88 Å². The number of ether oxygens (including phenoxy) is 1. The Morgan fingerprint density at radius 2 is 1.85 bits per heavy atom. The molecule has 4 rings (SSSR count). The summed E-state index contributed by atoms with van der Waals surface area (Å²) in [5.41, 5.74) is 4.54. The Morgan fingerprint density at radius 1 is 1.00 bits per heavy atom. The first-order chi connectivity index (χ1) is 16.0. The predicted octanol–water partition coefficient (Wildman–Crippen LogP) is 5.03. The van der Waals surface area contributed by atoms with E-state index >= 15 is 0 Å². The van der Waals surface area contributed by atoms with E-state index in [0.717, 1.165) is 22.5 Å². The Bertz CT molecular complexity index is 1260. The third kappa shape index (κ3) is 5.68. The minimum Gasteiger partial charge on any atom is -0.475 e. The van der Waals surface area contributed by atoms with Gasteiger partial charge in [-0.15, -0.1) is 0 Å². The zero-order chi connectivity index (χ0) is 23.2. The standard InChI is InChI=1S/C25H24N6O2/c1-16(2)33-23-13-18(8-11-27-23)24(32)29-20-7-6-17(3)22(14-20)31-25-28-12-9-21(30-25)19-5-4-10-26-15-19/h4-16H,1-3H3,(H,29,32)(H,28,30,31). The highest BCUT2D eigenvalue weighted by atomic mass is 16.5. The number of aryl methyl sites for hydroxylation is 1. The molecule has 3 aromatic heterocycles. The number of carbonyl (C=O) groups excluding carboxylic acids is 1. The maximum Gasteiger partial charge on any atom is 0.255 e. The normalized spacial score (nSPS) is 10.7. The molecule has 0 bridgehead atoms. The zero-order valence-electron chi connectivity index (χ0n) is 18.6. The molecule has 0 aliphatic heterocycles. The van der Waals surface area contributed by atoms with Crippen LogP contribution in [0.4, 0.5) is 17.3 Å². The smallest absolute Gasteiger partial charge is 0.255 e. The van der Waals surface area contributed by atoms with Crippen molar-refractivity contribution in [3.63, 3.8) is 0 Å². The molecule has 0 saturated carbocycles. The fourth-order valence-corrected chi connectivity index (χ4v) is 3.11. The molecular weight excluding hydrogens is 416 g/mol. The van der Waals surface area contributed by atoms with Gasteiger partial charge < -0.3 is 15.4 Å². The molecule has 1 amide bonds. The summed E-state index contributed by atoms with van der Waals surface area (Å²) in [5.74, 6) is 0.609. The second-order valence-electron chi connectivity index (χ2n) is 7.67. The monoisotopic (exact) mass is 440 g/mol. The van der Waals surface area contributed by atoms with Crippen LogP contribution in [-0.4, -0.2) is 31.9 Å². The van der Waals surface area contributed by atoms with Crippen LogP contribution >= 0.6 is 0 Å². The highest BCUT2D eigenvalue weighted by Gasteiger charge is 2.11. The molecule has 166 valence electrons. The van der Waals surface area contributed by atoms with Crippen LogP contribution in [0.15, 0.2) is 73.3 Å². The molecule has 0 unspecified atom stereocenters. The van der Waals surface area contributed by atoms with E-state index in [-0.39, 0.29) is 12.0 Å². The van der Waals surface area contributed by atoms with Gasteiger partial charge >= 0.3 is 0 Å². The quantitative estimate of drug-likeness (QED) is 0.416. The predicted molar refractivity (Wildman–Crippen MR) is 128 cm³/mol. The molecule has 0 radical (unpaired) electrons. The van der Waals surface area contributed by atoms with E-state index in [0.29, 0.717) is 23.1 Å². The van der Waals surface area contributed by atoms with Gasteiger partial charge in [-0.25, -0.2) is 15.0 Å². The van der Waals surface area contributed by atoms with Crippen LogP contribution in [0.25, 0.3) is 11.3 Å². The number of pyridine rings is 2. The second-order valence-corrected chi connectivity index (χ2v) is 7.67. The van der Waals surface area contributed by atoms with Gasteiger partial charge in [0.15, 0.2) is 0 Å². The fourth-order valence-electron chi connectivity index (χ4n) is 3.11. The Kier molecular flexibility index (Phi) is 6.54. The minimum atomic E-state index is -0.254. The molecule has 1 aromatic carbocycles. The number of benzene rings is 1. The van der Waals surface area contributed by atoms with Crippen molar-refractivity contribution in [1.82, 2.24) is 19.9 Å². The molecule has 8 heteroatoms. The van der Waals surface area contributed by atoms with Gasteiger partial charge in [-0.2, -0.15) is 0 Å². The Morgan fingerprint density at radius 3 is 2.64 bits per heavy atom. The summed E-state index contributed by atoms with van der Waals surface area (Å²) >= 11 is 0. The summed E-state index contributed by atoms with van der Waals surface area (Å²) in [7, 11) is 0. The summed E-state index contributed by atoms with van der Waals surface area (Å²) in [6.07, 6.45) is 6.70. The molecule has 0 saturated heterocycles. The van der Waals surface area contributed by atoms with Gasteiger partial charge in [0.1, 0.15) is 0 Å². The Labute approximate surface area is 192 Å². The van der Waals surface area contributed by atoms with Crippen molar-refractivity contribution in [2.75, 3.05) is 10.6 Å². The van der Waals surface area contributed by atoms with Crippen molar-refractivity contribution in [2.24, 2.45) is 0 Å².